The van der Waals surface area contributed by atoms with Gasteiger partial charge in [-0.3, -0.25) is 10.1 Å². The largest absolute Gasteiger partial charge is 0.380 e. The summed E-state index contributed by atoms with van der Waals surface area (Å²) in [6.45, 7) is 0.00949. The first-order valence-corrected chi connectivity index (χ1v) is 6.39. The monoisotopic (exact) mass is 342 g/mol. The second-order valence-electron chi connectivity index (χ2n) is 3.99. The molecule has 0 atom stereocenters. The highest BCUT2D eigenvalue weighted by Crippen LogP contribution is 2.25. The van der Waals surface area contributed by atoms with Gasteiger partial charge in [0.2, 0.25) is 5.82 Å². The standard InChI is InChI=1S/C13H9BrF2N2O2/c14-10-5-4-9(15)6-11(10)17-7-8-2-1-3-12(13(8)16)18(19)20/h1-6,17H,7H2. The molecular formula is C13H9BrF2N2O2. The Morgan fingerprint density at radius 2 is 2.00 bits per heavy atom. The van der Waals surface area contributed by atoms with Crippen molar-refractivity contribution in [1.82, 2.24) is 0 Å². The average Bonchev–Trinajstić information content (AvgIpc) is 2.41. The van der Waals surface area contributed by atoms with Gasteiger partial charge in [0.1, 0.15) is 5.82 Å². The van der Waals surface area contributed by atoms with E-state index in [0.29, 0.717) is 10.2 Å². The zero-order valence-corrected chi connectivity index (χ0v) is 11.7. The molecule has 0 saturated carbocycles. The summed E-state index contributed by atoms with van der Waals surface area (Å²) in [5.41, 5.74) is -0.00567. The molecule has 1 N–H and O–H groups in total. The van der Waals surface area contributed by atoms with Gasteiger partial charge in [-0.15, -0.1) is 0 Å². The molecule has 4 nitrogen and oxygen atoms in total. The molecule has 0 aliphatic heterocycles. The van der Waals surface area contributed by atoms with Gasteiger partial charge in [0.25, 0.3) is 0 Å². The fourth-order valence-electron chi connectivity index (χ4n) is 1.67. The van der Waals surface area contributed by atoms with Gasteiger partial charge >= 0.3 is 5.69 Å². The van der Waals surface area contributed by atoms with Crippen molar-refractivity contribution in [2.24, 2.45) is 0 Å². The highest BCUT2D eigenvalue weighted by atomic mass is 79.9. The van der Waals surface area contributed by atoms with Crippen molar-refractivity contribution in [1.29, 1.82) is 0 Å². The normalized spacial score (nSPS) is 10.3. The number of nitrogens with one attached hydrogen (secondary N) is 1. The van der Waals surface area contributed by atoms with Gasteiger partial charge in [0.05, 0.1) is 10.6 Å². The first-order chi connectivity index (χ1) is 9.49. The number of halogens is 3. The molecule has 2 rings (SSSR count). The van der Waals surface area contributed by atoms with Crippen LogP contribution in [0.25, 0.3) is 0 Å². The SMILES string of the molecule is O=[N+]([O-])c1cccc(CNc2cc(F)ccc2Br)c1F. The maximum absolute atomic E-state index is 13.8. The van der Waals surface area contributed by atoms with Crippen molar-refractivity contribution < 1.29 is 13.7 Å². The lowest BCUT2D eigenvalue weighted by atomic mass is 10.2. The summed E-state index contributed by atoms with van der Waals surface area (Å²) in [4.78, 5) is 9.85. The van der Waals surface area contributed by atoms with Gasteiger partial charge in [-0.1, -0.05) is 12.1 Å². The molecule has 0 amide bonds. The van der Waals surface area contributed by atoms with Crippen molar-refractivity contribution in [3.05, 3.63) is 68.2 Å². The van der Waals surface area contributed by atoms with Crippen molar-refractivity contribution in [2.75, 3.05) is 5.32 Å². The molecule has 0 aromatic heterocycles. The maximum Gasteiger partial charge on any atom is 0.305 e. The van der Waals surface area contributed by atoms with Crippen LogP contribution in [-0.2, 0) is 6.54 Å². The van der Waals surface area contributed by atoms with Gasteiger partial charge in [0, 0.05) is 22.6 Å². The number of nitro benzene ring substituents is 1. The number of nitrogens with zero attached hydrogens (tertiary/aromatic N) is 1. The molecule has 2 aromatic carbocycles. The third kappa shape index (κ3) is 3.11. The minimum atomic E-state index is -0.891. The Hall–Kier alpha value is -2.02. The zero-order chi connectivity index (χ0) is 14.7. The van der Waals surface area contributed by atoms with Crippen LogP contribution < -0.4 is 5.32 Å². The molecule has 0 heterocycles. The van der Waals surface area contributed by atoms with Crippen molar-refractivity contribution in [2.45, 2.75) is 6.54 Å². The third-order valence-electron chi connectivity index (χ3n) is 2.65. The van der Waals surface area contributed by atoms with Crippen LogP contribution in [0.2, 0.25) is 0 Å². The molecule has 7 heteroatoms. The zero-order valence-electron chi connectivity index (χ0n) is 10.1. The van der Waals surface area contributed by atoms with Crippen LogP contribution in [0.15, 0.2) is 40.9 Å². The number of anilines is 1. The van der Waals surface area contributed by atoms with Crippen LogP contribution in [0.3, 0.4) is 0 Å². The lowest BCUT2D eigenvalue weighted by molar-refractivity contribution is -0.387. The number of rotatable bonds is 4. The number of hydrogen-bond donors (Lipinski definition) is 1. The predicted octanol–water partition coefficient (Wildman–Crippen LogP) is 4.25. The molecule has 0 aliphatic rings. The predicted molar refractivity (Wildman–Crippen MR) is 74.5 cm³/mol. The van der Waals surface area contributed by atoms with E-state index in [1.54, 1.807) is 0 Å². The Bertz CT molecular complexity index is 665. The van der Waals surface area contributed by atoms with Crippen LogP contribution in [-0.4, -0.2) is 4.92 Å². The molecular weight excluding hydrogens is 334 g/mol. The quantitative estimate of drug-likeness (QED) is 0.667. The van der Waals surface area contributed by atoms with Gasteiger partial charge in [0.15, 0.2) is 0 Å². The van der Waals surface area contributed by atoms with Gasteiger partial charge in [-0.2, -0.15) is 4.39 Å². The number of nitro groups is 1. The topological polar surface area (TPSA) is 55.2 Å². The molecule has 0 unspecified atom stereocenters. The van der Waals surface area contributed by atoms with Crippen molar-refractivity contribution in [3.8, 4) is 0 Å². The molecule has 0 aliphatic carbocycles. The van der Waals surface area contributed by atoms with Gasteiger partial charge in [-0.05, 0) is 34.1 Å². The summed E-state index contributed by atoms with van der Waals surface area (Å²) in [6.07, 6.45) is 0. The molecule has 0 radical (unpaired) electrons. The molecule has 20 heavy (non-hydrogen) atoms. The van der Waals surface area contributed by atoms with E-state index in [1.165, 1.54) is 30.3 Å². The summed E-state index contributed by atoms with van der Waals surface area (Å²) < 4.78 is 27.6. The molecule has 0 spiro atoms. The summed E-state index contributed by atoms with van der Waals surface area (Å²) in [5, 5.41) is 13.5. The first-order valence-electron chi connectivity index (χ1n) is 5.59. The summed E-state index contributed by atoms with van der Waals surface area (Å²) in [7, 11) is 0. The maximum atomic E-state index is 13.8. The Labute approximate surface area is 121 Å². The Morgan fingerprint density at radius 3 is 2.70 bits per heavy atom. The Balaban J connectivity index is 2.21. The number of hydrogen-bond acceptors (Lipinski definition) is 3. The van der Waals surface area contributed by atoms with Crippen LogP contribution in [0, 0.1) is 21.7 Å². The average molecular weight is 343 g/mol. The van der Waals surface area contributed by atoms with Crippen LogP contribution in [0.5, 0.6) is 0 Å². The number of benzene rings is 2. The van der Waals surface area contributed by atoms with E-state index in [0.717, 1.165) is 6.07 Å². The van der Waals surface area contributed by atoms with Crippen LogP contribution in [0.4, 0.5) is 20.2 Å². The Morgan fingerprint density at radius 1 is 1.25 bits per heavy atom. The van der Waals surface area contributed by atoms with E-state index in [4.69, 9.17) is 0 Å². The molecule has 0 fully saturated rings. The summed E-state index contributed by atoms with van der Waals surface area (Å²) >= 11 is 3.23. The minimum absolute atomic E-state index is 0.00949. The highest BCUT2D eigenvalue weighted by Gasteiger charge is 2.17. The summed E-state index contributed by atoms with van der Waals surface area (Å²) in [5.74, 6) is -1.33. The highest BCUT2D eigenvalue weighted by molar-refractivity contribution is 9.10. The fraction of sp³-hybridized carbons (Fsp3) is 0.0769. The van der Waals surface area contributed by atoms with Gasteiger partial charge in [-0.25, -0.2) is 4.39 Å². The minimum Gasteiger partial charge on any atom is -0.380 e. The van der Waals surface area contributed by atoms with E-state index in [1.807, 2.05) is 0 Å². The lowest BCUT2D eigenvalue weighted by Crippen LogP contribution is -2.04. The molecule has 0 saturated heterocycles. The smallest absolute Gasteiger partial charge is 0.305 e. The Kier molecular flexibility index (Phi) is 4.29. The molecule has 2 aromatic rings. The second-order valence-corrected chi connectivity index (χ2v) is 4.84. The van der Waals surface area contributed by atoms with Crippen LogP contribution >= 0.6 is 15.9 Å². The third-order valence-corrected chi connectivity index (χ3v) is 3.34. The van der Waals surface area contributed by atoms with E-state index in [9.17, 15) is 18.9 Å². The van der Waals surface area contributed by atoms with E-state index in [2.05, 4.69) is 21.2 Å². The summed E-state index contributed by atoms with van der Waals surface area (Å²) in [6, 6.07) is 7.97. The fourth-order valence-corrected chi connectivity index (χ4v) is 2.05. The van der Waals surface area contributed by atoms with Crippen molar-refractivity contribution in [3.63, 3.8) is 0 Å². The van der Waals surface area contributed by atoms with E-state index >= 15 is 0 Å². The lowest BCUT2D eigenvalue weighted by Gasteiger charge is -2.09. The first kappa shape index (κ1) is 14.4. The van der Waals surface area contributed by atoms with Crippen LogP contribution in [0.1, 0.15) is 5.56 Å². The molecule has 0 bridgehead atoms. The van der Waals surface area contributed by atoms with E-state index < -0.39 is 22.2 Å². The second kappa shape index (κ2) is 5.96. The van der Waals surface area contributed by atoms with Gasteiger partial charge < -0.3 is 5.32 Å². The van der Waals surface area contributed by atoms with E-state index in [-0.39, 0.29) is 12.1 Å². The van der Waals surface area contributed by atoms with Crippen molar-refractivity contribution >= 4 is 27.3 Å². The molecule has 104 valence electrons.